The number of hydrogen-bond donors (Lipinski definition) is 1. The van der Waals surface area contributed by atoms with Gasteiger partial charge in [-0.05, 0) is 33.6 Å². The number of ether oxygens (including phenoxy) is 1. The Morgan fingerprint density at radius 1 is 1.50 bits per heavy atom. The van der Waals surface area contributed by atoms with Gasteiger partial charge in [0.2, 0.25) is 0 Å². The number of methoxy groups -OCH3 is 1. The SMILES string of the molecule is COc1cc(C(N)c2c(Br)cnn2C)ccc1F. The van der Waals surface area contributed by atoms with E-state index in [2.05, 4.69) is 21.0 Å². The molecule has 0 saturated carbocycles. The molecule has 0 amide bonds. The summed E-state index contributed by atoms with van der Waals surface area (Å²) in [5, 5.41) is 4.11. The highest BCUT2D eigenvalue weighted by Crippen LogP contribution is 2.29. The fourth-order valence-corrected chi connectivity index (χ4v) is 2.39. The van der Waals surface area contributed by atoms with Gasteiger partial charge in [-0.25, -0.2) is 4.39 Å². The maximum absolute atomic E-state index is 13.3. The van der Waals surface area contributed by atoms with Gasteiger partial charge in [0.25, 0.3) is 0 Å². The molecule has 1 aromatic carbocycles. The van der Waals surface area contributed by atoms with Crippen molar-refractivity contribution in [3.63, 3.8) is 0 Å². The smallest absolute Gasteiger partial charge is 0.165 e. The van der Waals surface area contributed by atoms with Crippen molar-refractivity contribution in [2.75, 3.05) is 7.11 Å². The summed E-state index contributed by atoms with van der Waals surface area (Å²) < 4.78 is 20.8. The zero-order valence-corrected chi connectivity index (χ0v) is 11.6. The van der Waals surface area contributed by atoms with Crippen molar-refractivity contribution in [2.45, 2.75) is 6.04 Å². The zero-order chi connectivity index (χ0) is 13.3. The van der Waals surface area contributed by atoms with Crippen molar-refractivity contribution in [3.8, 4) is 5.75 Å². The van der Waals surface area contributed by atoms with Gasteiger partial charge in [0.15, 0.2) is 11.6 Å². The maximum Gasteiger partial charge on any atom is 0.165 e. The van der Waals surface area contributed by atoms with Crippen LogP contribution in [0, 0.1) is 5.82 Å². The number of nitrogens with two attached hydrogens (primary N) is 1. The van der Waals surface area contributed by atoms with Crippen LogP contribution in [0.5, 0.6) is 5.75 Å². The van der Waals surface area contributed by atoms with Crippen LogP contribution in [-0.2, 0) is 7.05 Å². The number of benzene rings is 1. The summed E-state index contributed by atoms with van der Waals surface area (Å²) in [4.78, 5) is 0. The summed E-state index contributed by atoms with van der Waals surface area (Å²) in [7, 11) is 3.23. The van der Waals surface area contributed by atoms with Crippen LogP contribution < -0.4 is 10.5 Å². The first kappa shape index (κ1) is 13.0. The Balaban J connectivity index is 2.43. The Hall–Kier alpha value is -1.40. The second kappa shape index (κ2) is 5.07. The van der Waals surface area contributed by atoms with Crippen molar-refractivity contribution in [1.29, 1.82) is 0 Å². The Morgan fingerprint density at radius 3 is 2.78 bits per heavy atom. The molecule has 18 heavy (non-hydrogen) atoms. The topological polar surface area (TPSA) is 53.1 Å². The lowest BCUT2D eigenvalue weighted by Crippen LogP contribution is -2.16. The first-order valence-electron chi connectivity index (χ1n) is 5.31. The minimum absolute atomic E-state index is 0.182. The molecule has 0 aliphatic carbocycles. The second-order valence-electron chi connectivity index (χ2n) is 3.87. The molecule has 1 unspecified atom stereocenters. The lowest BCUT2D eigenvalue weighted by molar-refractivity contribution is 0.385. The maximum atomic E-state index is 13.3. The monoisotopic (exact) mass is 313 g/mol. The first-order chi connectivity index (χ1) is 8.54. The fourth-order valence-electron chi connectivity index (χ4n) is 1.80. The van der Waals surface area contributed by atoms with Crippen molar-refractivity contribution >= 4 is 15.9 Å². The molecule has 0 aliphatic heterocycles. The highest BCUT2D eigenvalue weighted by Gasteiger charge is 2.18. The van der Waals surface area contributed by atoms with Crippen molar-refractivity contribution in [3.05, 3.63) is 45.9 Å². The van der Waals surface area contributed by atoms with E-state index in [0.29, 0.717) is 0 Å². The van der Waals surface area contributed by atoms with Gasteiger partial charge in [0.1, 0.15) is 0 Å². The van der Waals surface area contributed by atoms with Crippen LogP contribution in [0.1, 0.15) is 17.3 Å². The summed E-state index contributed by atoms with van der Waals surface area (Å²) in [5.74, 6) is -0.223. The van der Waals surface area contributed by atoms with Crippen LogP contribution in [0.4, 0.5) is 4.39 Å². The normalized spacial score (nSPS) is 12.5. The minimum Gasteiger partial charge on any atom is -0.494 e. The third kappa shape index (κ3) is 2.26. The summed E-state index contributed by atoms with van der Waals surface area (Å²) >= 11 is 3.40. The van der Waals surface area contributed by atoms with Crippen molar-refractivity contribution in [1.82, 2.24) is 9.78 Å². The van der Waals surface area contributed by atoms with Crippen LogP contribution in [0.15, 0.2) is 28.9 Å². The molecular weight excluding hydrogens is 301 g/mol. The van der Waals surface area contributed by atoms with Crippen LogP contribution in [0.2, 0.25) is 0 Å². The lowest BCUT2D eigenvalue weighted by Gasteiger charge is -2.14. The molecule has 0 radical (unpaired) electrons. The summed E-state index contributed by atoms with van der Waals surface area (Å²) in [6.45, 7) is 0. The molecule has 0 saturated heterocycles. The lowest BCUT2D eigenvalue weighted by atomic mass is 10.0. The number of aromatic nitrogens is 2. The Kier molecular flexibility index (Phi) is 3.68. The number of aryl methyl sites for hydroxylation is 1. The van der Waals surface area contributed by atoms with E-state index in [4.69, 9.17) is 10.5 Å². The molecule has 6 heteroatoms. The molecule has 1 aromatic heterocycles. The second-order valence-corrected chi connectivity index (χ2v) is 4.73. The predicted molar refractivity (Wildman–Crippen MR) is 69.9 cm³/mol. The van der Waals surface area contributed by atoms with Crippen LogP contribution >= 0.6 is 15.9 Å². The van der Waals surface area contributed by atoms with E-state index in [1.54, 1.807) is 30.1 Å². The van der Waals surface area contributed by atoms with E-state index in [9.17, 15) is 4.39 Å². The predicted octanol–water partition coefficient (Wildman–Crippen LogP) is 2.38. The minimum atomic E-state index is -0.405. The molecule has 0 bridgehead atoms. The Labute approximate surface area is 113 Å². The molecular formula is C12H13BrFN3O. The zero-order valence-electron chi connectivity index (χ0n) is 10.0. The van der Waals surface area contributed by atoms with Gasteiger partial charge < -0.3 is 10.5 Å². The summed E-state index contributed by atoms with van der Waals surface area (Å²) in [6, 6.07) is 4.18. The van der Waals surface area contributed by atoms with E-state index in [-0.39, 0.29) is 5.75 Å². The third-order valence-electron chi connectivity index (χ3n) is 2.77. The van der Waals surface area contributed by atoms with Gasteiger partial charge in [-0.3, -0.25) is 4.68 Å². The number of nitrogens with zero attached hydrogens (tertiary/aromatic N) is 2. The van der Waals surface area contributed by atoms with Crippen LogP contribution in [-0.4, -0.2) is 16.9 Å². The van der Waals surface area contributed by atoms with Gasteiger partial charge in [-0.1, -0.05) is 6.07 Å². The Morgan fingerprint density at radius 2 is 2.22 bits per heavy atom. The first-order valence-corrected chi connectivity index (χ1v) is 6.10. The van der Waals surface area contributed by atoms with Gasteiger partial charge >= 0.3 is 0 Å². The molecule has 0 aliphatic rings. The number of halogens is 2. The molecule has 4 nitrogen and oxygen atoms in total. The van der Waals surface area contributed by atoms with E-state index in [1.807, 2.05) is 0 Å². The molecule has 1 heterocycles. The molecule has 2 rings (SSSR count). The van der Waals surface area contributed by atoms with E-state index in [0.717, 1.165) is 15.7 Å². The average molecular weight is 314 g/mol. The Bertz CT molecular complexity index is 551. The fraction of sp³-hybridized carbons (Fsp3) is 0.250. The average Bonchev–Trinajstić information content (AvgIpc) is 2.69. The third-order valence-corrected chi connectivity index (χ3v) is 3.38. The highest BCUT2D eigenvalue weighted by molar-refractivity contribution is 9.10. The molecule has 2 aromatic rings. The molecule has 0 fully saturated rings. The standard InChI is InChI=1S/C12H13BrFN3O/c1-17-12(8(13)6-16-17)11(15)7-3-4-9(14)10(5-7)18-2/h3-6,11H,15H2,1-2H3. The van der Waals surface area contributed by atoms with Crippen molar-refractivity contribution < 1.29 is 9.13 Å². The quantitative estimate of drug-likeness (QED) is 0.946. The van der Waals surface area contributed by atoms with Crippen LogP contribution in [0.25, 0.3) is 0 Å². The van der Waals surface area contributed by atoms with Gasteiger partial charge in [0.05, 0.1) is 29.5 Å². The van der Waals surface area contributed by atoms with Gasteiger partial charge in [-0.2, -0.15) is 5.10 Å². The number of rotatable bonds is 3. The van der Waals surface area contributed by atoms with Gasteiger partial charge in [0, 0.05) is 7.05 Å². The van der Waals surface area contributed by atoms with E-state index >= 15 is 0 Å². The van der Waals surface area contributed by atoms with Gasteiger partial charge in [-0.15, -0.1) is 0 Å². The van der Waals surface area contributed by atoms with Crippen molar-refractivity contribution in [2.24, 2.45) is 12.8 Å². The molecule has 1 atom stereocenters. The van der Waals surface area contributed by atoms with E-state index in [1.165, 1.54) is 13.2 Å². The largest absolute Gasteiger partial charge is 0.494 e. The van der Waals surface area contributed by atoms with E-state index < -0.39 is 11.9 Å². The molecule has 0 spiro atoms. The summed E-state index contributed by atoms with van der Waals surface area (Å²) in [6.07, 6.45) is 1.68. The highest BCUT2D eigenvalue weighted by atomic mass is 79.9. The molecule has 2 N–H and O–H groups in total. The summed E-state index contributed by atoms with van der Waals surface area (Å²) in [5.41, 5.74) is 7.75. The van der Waals surface area contributed by atoms with Crippen LogP contribution in [0.3, 0.4) is 0 Å². The molecule has 96 valence electrons. The number of hydrogen-bond acceptors (Lipinski definition) is 3.